The number of amides is 1. The first-order chi connectivity index (χ1) is 15.1. The van der Waals surface area contributed by atoms with Crippen LogP contribution in [0.4, 0.5) is 0 Å². The summed E-state index contributed by atoms with van der Waals surface area (Å²) in [4.78, 5) is 23.4. The standard InChI is InChI=1S/C24H29N5O2/c1-18(2)28-12-3-4-19(16-28)15-27-24(30)23-14-22(9-10-26-23)31-21-7-5-20(6-8-21)29-13-11-25-17-29/h5-11,13-14,17-19H,3-4,12,15-16H2,1-2H3,(H,27,30)/t19-/m1/s1. The summed E-state index contributed by atoms with van der Waals surface area (Å²) in [5.41, 5.74) is 1.36. The van der Waals surface area contributed by atoms with Gasteiger partial charge < -0.3 is 19.5 Å². The number of hydrogen-bond acceptors (Lipinski definition) is 5. The molecular weight excluding hydrogens is 390 g/mol. The molecule has 3 heterocycles. The number of hydrogen-bond donors (Lipinski definition) is 1. The van der Waals surface area contributed by atoms with Crippen LogP contribution < -0.4 is 10.1 Å². The molecule has 1 aliphatic rings. The van der Waals surface area contributed by atoms with E-state index in [1.54, 1.807) is 30.9 Å². The number of benzene rings is 1. The number of nitrogens with zero attached hydrogens (tertiary/aromatic N) is 4. The average molecular weight is 420 g/mol. The minimum atomic E-state index is -0.164. The summed E-state index contributed by atoms with van der Waals surface area (Å²) in [5, 5.41) is 3.05. The molecule has 1 N–H and O–H groups in total. The van der Waals surface area contributed by atoms with Gasteiger partial charge in [-0.25, -0.2) is 4.98 Å². The van der Waals surface area contributed by atoms with Gasteiger partial charge in [0.2, 0.25) is 0 Å². The molecule has 3 aromatic rings. The summed E-state index contributed by atoms with van der Waals surface area (Å²) in [5.74, 6) is 1.59. The van der Waals surface area contributed by atoms with Crippen molar-refractivity contribution in [2.24, 2.45) is 5.92 Å². The van der Waals surface area contributed by atoms with Gasteiger partial charge in [-0.05, 0) is 69.5 Å². The molecule has 2 aromatic heterocycles. The van der Waals surface area contributed by atoms with Crippen LogP contribution in [0.15, 0.2) is 61.3 Å². The van der Waals surface area contributed by atoms with Gasteiger partial charge in [-0.15, -0.1) is 0 Å². The maximum atomic E-state index is 12.6. The number of ether oxygens (including phenoxy) is 1. The van der Waals surface area contributed by atoms with Gasteiger partial charge in [0, 0.05) is 49.5 Å². The van der Waals surface area contributed by atoms with E-state index in [1.807, 2.05) is 35.0 Å². The third kappa shape index (κ3) is 5.49. The van der Waals surface area contributed by atoms with E-state index in [2.05, 4.69) is 34.0 Å². The summed E-state index contributed by atoms with van der Waals surface area (Å²) >= 11 is 0. The smallest absolute Gasteiger partial charge is 0.270 e. The van der Waals surface area contributed by atoms with Gasteiger partial charge in [0.25, 0.3) is 5.91 Å². The summed E-state index contributed by atoms with van der Waals surface area (Å²) in [6, 6.07) is 11.7. The molecule has 1 aliphatic heterocycles. The Bertz CT molecular complexity index is 985. The lowest BCUT2D eigenvalue weighted by Gasteiger charge is -2.35. The van der Waals surface area contributed by atoms with Gasteiger partial charge in [-0.3, -0.25) is 9.78 Å². The first kappa shape index (κ1) is 21.1. The SMILES string of the molecule is CC(C)N1CCC[C@H](CNC(=O)c2cc(Oc3ccc(-n4ccnc4)cc3)ccn2)C1. The van der Waals surface area contributed by atoms with Crippen LogP contribution >= 0.6 is 0 Å². The maximum Gasteiger partial charge on any atom is 0.270 e. The first-order valence-electron chi connectivity index (χ1n) is 10.8. The number of rotatable bonds is 7. The summed E-state index contributed by atoms with van der Waals surface area (Å²) in [6.45, 7) is 7.30. The van der Waals surface area contributed by atoms with Gasteiger partial charge in [-0.1, -0.05) is 0 Å². The Kier molecular flexibility index (Phi) is 6.62. The van der Waals surface area contributed by atoms with Crippen molar-refractivity contribution in [2.75, 3.05) is 19.6 Å². The Hall–Kier alpha value is -3.19. The van der Waals surface area contributed by atoms with Crippen molar-refractivity contribution in [1.82, 2.24) is 24.8 Å². The Balaban J connectivity index is 1.34. The van der Waals surface area contributed by atoms with Gasteiger partial charge in [0.15, 0.2) is 0 Å². The predicted molar refractivity (Wildman–Crippen MR) is 120 cm³/mol. The molecule has 0 saturated carbocycles. The highest BCUT2D eigenvalue weighted by Crippen LogP contribution is 2.23. The fourth-order valence-corrected chi connectivity index (χ4v) is 3.89. The molecule has 0 unspecified atom stereocenters. The van der Waals surface area contributed by atoms with E-state index < -0.39 is 0 Å². The van der Waals surface area contributed by atoms with E-state index in [9.17, 15) is 4.79 Å². The number of aromatic nitrogens is 3. The number of carbonyl (C=O) groups excluding carboxylic acids is 1. The molecule has 7 nitrogen and oxygen atoms in total. The molecule has 162 valence electrons. The zero-order chi connectivity index (χ0) is 21.6. The lowest BCUT2D eigenvalue weighted by Crippen LogP contribution is -2.43. The number of carbonyl (C=O) groups is 1. The largest absolute Gasteiger partial charge is 0.457 e. The van der Waals surface area contributed by atoms with E-state index in [4.69, 9.17) is 4.74 Å². The van der Waals surface area contributed by atoms with Crippen molar-refractivity contribution in [3.63, 3.8) is 0 Å². The number of imidazole rings is 1. The number of piperidine rings is 1. The molecule has 7 heteroatoms. The summed E-state index contributed by atoms with van der Waals surface area (Å²) in [6.07, 6.45) is 9.30. The highest BCUT2D eigenvalue weighted by atomic mass is 16.5. The van der Waals surface area contributed by atoms with Crippen LogP contribution in [0.2, 0.25) is 0 Å². The molecule has 1 fully saturated rings. The van der Waals surface area contributed by atoms with Gasteiger partial charge in [0.1, 0.15) is 17.2 Å². The van der Waals surface area contributed by atoms with Crippen LogP contribution in [0, 0.1) is 5.92 Å². The van der Waals surface area contributed by atoms with Gasteiger partial charge in [0.05, 0.1) is 6.33 Å². The fourth-order valence-electron chi connectivity index (χ4n) is 3.89. The second-order valence-corrected chi connectivity index (χ2v) is 8.25. The van der Waals surface area contributed by atoms with E-state index in [-0.39, 0.29) is 5.91 Å². The molecule has 0 bridgehead atoms. The zero-order valence-corrected chi connectivity index (χ0v) is 18.1. The highest BCUT2D eigenvalue weighted by molar-refractivity contribution is 5.92. The van der Waals surface area contributed by atoms with E-state index >= 15 is 0 Å². The van der Waals surface area contributed by atoms with Gasteiger partial charge >= 0.3 is 0 Å². The molecule has 1 aromatic carbocycles. The zero-order valence-electron chi connectivity index (χ0n) is 18.1. The Morgan fingerprint density at radius 3 is 2.77 bits per heavy atom. The minimum Gasteiger partial charge on any atom is -0.457 e. The van der Waals surface area contributed by atoms with Crippen LogP contribution in [-0.2, 0) is 0 Å². The Labute approximate surface area is 183 Å². The number of likely N-dealkylation sites (tertiary alicyclic amines) is 1. The first-order valence-corrected chi connectivity index (χ1v) is 10.8. The van der Waals surface area contributed by atoms with Crippen LogP contribution in [0.25, 0.3) is 5.69 Å². The van der Waals surface area contributed by atoms with Crippen molar-refractivity contribution >= 4 is 5.91 Å². The monoisotopic (exact) mass is 419 g/mol. The third-order valence-corrected chi connectivity index (χ3v) is 5.67. The normalized spacial score (nSPS) is 16.9. The summed E-state index contributed by atoms with van der Waals surface area (Å²) in [7, 11) is 0. The quantitative estimate of drug-likeness (QED) is 0.629. The predicted octanol–water partition coefficient (Wildman–Crippen LogP) is 3.91. The topological polar surface area (TPSA) is 72.3 Å². The average Bonchev–Trinajstić information content (AvgIpc) is 3.33. The lowest BCUT2D eigenvalue weighted by molar-refractivity contribution is 0.0917. The number of nitrogens with one attached hydrogen (secondary N) is 1. The molecule has 0 spiro atoms. The molecular formula is C24H29N5O2. The fraction of sp³-hybridized carbons (Fsp3) is 0.375. The van der Waals surface area contributed by atoms with Crippen molar-refractivity contribution in [1.29, 1.82) is 0 Å². The maximum absolute atomic E-state index is 12.6. The number of pyridine rings is 1. The van der Waals surface area contributed by atoms with E-state index in [0.717, 1.165) is 25.2 Å². The van der Waals surface area contributed by atoms with Crippen molar-refractivity contribution in [2.45, 2.75) is 32.7 Å². The van der Waals surface area contributed by atoms with E-state index in [1.165, 1.54) is 6.42 Å². The Morgan fingerprint density at radius 2 is 2.03 bits per heavy atom. The third-order valence-electron chi connectivity index (χ3n) is 5.67. The molecule has 1 amide bonds. The molecule has 1 saturated heterocycles. The molecule has 0 radical (unpaired) electrons. The lowest BCUT2D eigenvalue weighted by atomic mass is 9.97. The van der Waals surface area contributed by atoms with Crippen molar-refractivity contribution in [3.8, 4) is 17.2 Å². The second-order valence-electron chi connectivity index (χ2n) is 8.25. The Morgan fingerprint density at radius 1 is 1.19 bits per heavy atom. The molecule has 0 aliphatic carbocycles. The molecule has 4 rings (SSSR count). The highest BCUT2D eigenvalue weighted by Gasteiger charge is 2.22. The van der Waals surface area contributed by atoms with Gasteiger partial charge in [-0.2, -0.15) is 0 Å². The van der Waals surface area contributed by atoms with Crippen LogP contribution in [-0.4, -0.2) is 51.0 Å². The minimum absolute atomic E-state index is 0.164. The second kappa shape index (κ2) is 9.75. The van der Waals surface area contributed by atoms with Crippen LogP contribution in [0.1, 0.15) is 37.2 Å². The van der Waals surface area contributed by atoms with E-state index in [0.29, 0.717) is 35.7 Å². The molecule has 1 atom stereocenters. The van der Waals surface area contributed by atoms with Crippen molar-refractivity contribution < 1.29 is 9.53 Å². The van der Waals surface area contributed by atoms with Crippen LogP contribution in [0.3, 0.4) is 0 Å². The molecule has 31 heavy (non-hydrogen) atoms. The van der Waals surface area contributed by atoms with Crippen LogP contribution in [0.5, 0.6) is 11.5 Å². The summed E-state index contributed by atoms with van der Waals surface area (Å²) < 4.78 is 7.85. The van der Waals surface area contributed by atoms with Crippen molar-refractivity contribution in [3.05, 3.63) is 67.0 Å².